The van der Waals surface area contributed by atoms with Gasteiger partial charge in [-0.2, -0.15) is 5.26 Å². The average Bonchev–Trinajstić information content (AvgIpc) is 3.64. The summed E-state index contributed by atoms with van der Waals surface area (Å²) >= 11 is 0. The van der Waals surface area contributed by atoms with Crippen molar-refractivity contribution in [3.05, 3.63) is 106 Å². The molecule has 3 fully saturated rings. The molecule has 7 aliphatic rings. The fourth-order valence-corrected chi connectivity index (χ4v) is 12.0. The minimum absolute atomic E-state index is 0.0256. The Kier molecular flexibility index (Phi) is 9.60. The number of benzene rings is 2. The van der Waals surface area contributed by atoms with Gasteiger partial charge in [-0.15, -0.1) is 0 Å². The summed E-state index contributed by atoms with van der Waals surface area (Å²) in [5.41, 5.74) is 10.1. The summed E-state index contributed by atoms with van der Waals surface area (Å²) in [5, 5.41) is 10.7. The summed E-state index contributed by atoms with van der Waals surface area (Å²) in [6.45, 7) is 23.5. The summed E-state index contributed by atoms with van der Waals surface area (Å²) in [4.78, 5) is 24.1. The lowest BCUT2D eigenvalue weighted by Crippen LogP contribution is -2.59. The Labute approximate surface area is 362 Å². The highest BCUT2D eigenvalue weighted by Crippen LogP contribution is 2.56. The van der Waals surface area contributed by atoms with Gasteiger partial charge >= 0.3 is 5.97 Å². The van der Waals surface area contributed by atoms with E-state index in [9.17, 15) is 10.1 Å². The molecule has 8 heteroatoms. The first-order valence-corrected chi connectivity index (χ1v) is 23.2. The number of carbonyl (C=O) groups is 1. The molecule has 61 heavy (non-hydrogen) atoms. The molecular formula is C53H64N4O4. The van der Waals surface area contributed by atoms with Crippen LogP contribution in [0.2, 0.25) is 0 Å². The van der Waals surface area contributed by atoms with Gasteiger partial charge in [-0.1, -0.05) is 85.7 Å². The number of carbonyl (C=O) groups excluding carboxylic acids is 1. The Morgan fingerprint density at radius 3 is 2.20 bits per heavy atom. The van der Waals surface area contributed by atoms with Crippen molar-refractivity contribution in [3.63, 3.8) is 0 Å². The first-order valence-electron chi connectivity index (χ1n) is 23.2. The number of ether oxygens (including phenoxy) is 2. The highest BCUT2D eigenvalue weighted by molar-refractivity contribution is 5.78. The zero-order valence-electron chi connectivity index (χ0n) is 37.7. The molecule has 0 radical (unpaired) electrons. The third kappa shape index (κ3) is 6.98. The highest BCUT2D eigenvalue weighted by Gasteiger charge is 2.54. The predicted molar refractivity (Wildman–Crippen MR) is 240 cm³/mol. The van der Waals surface area contributed by atoms with E-state index in [1.807, 2.05) is 24.3 Å². The molecule has 7 heterocycles. The van der Waals surface area contributed by atoms with Crippen LogP contribution in [-0.4, -0.2) is 48.1 Å². The lowest BCUT2D eigenvalue weighted by molar-refractivity contribution is -0.146. The first-order chi connectivity index (χ1) is 29.0. The van der Waals surface area contributed by atoms with Crippen molar-refractivity contribution < 1.29 is 18.7 Å². The topological polar surface area (TPSA) is 91.8 Å². The van der Waals surface area contributed by atoms with Crippen LogP contribution in [0.4, 0.5) is 5.69 Å². The Balaban J connectivity index is 0.929. The largest absolute Gasteiger partial charge is 0.467 e. The molecule has 5 unspecified atom stereocenters. The lowest BCUT2D eigenvalue weighted by atomic mass is 9.58. The molecular weight excluding hydrogens is 757 g/mol. The second-order valence-electron chi connectivity index (χ2n) is 22.0. The molecule has 0 saturated carbocycles. The van der Waals surface area contributed by atoms with Crippen molar-refractivity contribution in [1.29, 1.82) is 5.26 Å². The quantitative estimate of drug-likeness (QED) is 0.208. The predicted octanol–water partition coefficient (Wildman–Crippen LogP) is 11.3. The van der Waals surface area contributed by atoms with Gasteiger partial charge < -0.3 is 18.8 Å². The second-order valence-corrected chi connectivity index (χ2v) is 22.0. The maximum Gasteiger partial charge on any atom is 0.314 e. The first kappa shape index (κ1) is 40.5. The van der Waals surface area contributed by atoms with Crippen LogP contribution in [0.3, 0.4) is 0 Å². The molecule has 3 aromatic rings. The molecule has 6 aliphatic heterocycles. The van der Waals surface area contributed by atoms with Crippen LogP contribution in [0.25, 0.3) is 11.1 Å². The van der Waals surface area contributed by atoms with E-state index in [1.54, 1.807) is 0 Å². The van der Waals surface area contributed by atoms with Gasteiger partial charge in [0.25, 0.3) is 0 Å². The Bertz CT molecular complexity index is 2390. The maximum atomic E-state index is 14.0. The number of nitriles is 1. The summed E-state index contributed by atoms with van der Waals surface area (Å²) in [5.74, 6) is 1.98. The molecule has 320 valence electrons. The van der Waals surface area contributed by atoms with E-state index in [2.05, 4.69) is 102 Å². The van der Waals surface area contributed by atoms with Gasteiger partial charge in [-0.05, 0) is 132 Å². The molecule has 0 spiro atoms. The molecule has 1 aromatic heterocycles. The number of piperidine rings is 2. The molecule has 0 bridgehead atoms. The van der Waals surface area contributed by atoms with E-state index < -0.39 is 5.92 Å². The minimum atomic E-state index is -0.631. The zero-order chi connectivity index (χ0) is 42.6. The van der Waals surface area contributed by atoms with Crippen LogP contribution in [0, 0.1) is 39.9 Å². The van der Waals surface area contributed by atoms with E-state index in [0.29, 0.717) is 49.1 Å². The number of hydrogen-bond donors (Lipinski definition) is 0. The zero-order valence-corrected chi connectivity index (χ0v) is 37.7. The van der Waals surface area contributed by atoms with Gasteiger partial charge in [0.2, 0.25) is 5.89 Å². The molecule has 10 rings (SSSR count). The second kappa shape index (κ2) is 14.5. The van der Waals surface area contributed by atoms with Crippen molar-refractivity contribution in [2.75, 3.05) is 31.1 Å². The van der Waals surface area contributed by atoms with Gasteiger partial charge in [0.15, 0.2) is 5.58 Å². The van der Waals surface area contributed by atoms with Gasteiger partial charge in [0.1, 0.15) is 28.7 Å². The van der Waals surface area contributed by atoms with Crippen LogP contribution < -0.4 is 4.90 Å². The number of nitrogens with zero attached hydrogens (tertiary/aromatic N) is 4. The Hall–Kier alpha value is -4.61. The molecule has 0 N–H and O–H groups in total. The van der Waals surface area contributed by atoms with Crippen molar-refractivity contribution in [2.24, 2.45) is 28.6 Å². The molecule has 3 saturated heterocycles. The van der Waals surface area contributed by atoms with Crippen LogP contribution in [0.1, 0.15) is 135 Å². The normalized spacial score (nSPS) is 28.5. The van der Waals surface area contributed by atoms with Crippen molar-refractivity contribution in [3.8, 4) is 6.07 Å². The third-order valence-corrected chi connectivity index (χ3v) is 16.1. The Morgan fingerprint density at radius 1 is 0.820 bits per heavy atom. The number of fused-ring (bicyclic) bond motifs is 2. The van der Waals surface area contributed by atoms with Crippen LogP contribution in [0.5, 0.6) is 0 Å². The summed E-state index contributed by atoms with van der Waals surface area (Å²) in [7, 11) is 0. The van der Waals surface area contributed by atoms with Gasteiger partial charge in [-0.3, -0.25) is 9.69 Å². The van der Waals surface area contributed by atoms with Gasteiger partial charge in [0.05, 0.1) is 12.0 Å². The summed E-state index contributed by atoms with van der Waals surface area (Å²) in [6.07, 6.45) is 14.6. The number of hydrogen-bond acceptors (Lipinski definition) is 8. The maximum absolute atomic E-state index is 14.0. The lowest BCUT2D eigenvalue weighted by Gasteiger charge is -2.58. The number of oxazole rings is 1. The molecule has 5 atom stereocenters. The van der Waals surface area contributed by atoms with Crippen molar-refractivity contribution in [1.82, 2.24) is 9.88 Å². The van der Waals surface area contributed by atoms with E-state index in [1.165, 1.54) is 39.9 Å². The van der Waals surface area contributed by atoms with Crippen LogP contribution >= 0.6 is 0 Å². The van der Waals surface area contributed by atoms with E-state index >= 15 is 0 Å². The monoisotopic (exact) mass is 820 g/mol. The van der Waals surface area contributed by atoms with E-state index in [0.717, 1.165) is 74.7 Å². The summed E-state index contributed by atoms with van der Waals surface area (Å²) in [6, 6.07) is 15.4. The van der Waals surface area contributed by atoms with Gasteiger partial charge in [-0.25, -0.2) is 4.98 Å². The number of anilines is 1. The van der Waals surface area contributed by atoms with Crippen LogP contribution in [0.15, 0.2) is 87.5 Å². The number of aryl methyl sites for hydroxylation is 1. The van der Waals surface area contributed by atoms with E-state index in [4.69, 9.17) is 18.9 Å². The number of allylic oxidation sites excluding steroid dienone is 5. The number of esters is 1. The fraction of sp³-hybridized carbons (Fsp3) is 0.566. The number of para-hydroxylation sites is 2. The molecule has 2 aromatic carbocycles. The van der Waals surface area contributed by atoms with Crippen molar-refractivity contribution in [2.45, 2.75) is 136 Å². The fourth-order valence-electron chi connectivity index (χ4n) is 12.0. The van der Waals surface area contributed by atoms with E-state index in [-0.39, 0.29) is 39.5 Å². The summed E-state index contributed by atoms with van der Waals surface area (Å²) < 4.78 is 19.5. The molecule has 1 aliphatic carbocycles. The third-order valence-electron chi connectivity index (χ3n) is 16.1. The Morgan fingerprint density at radius 2 is 1.49 bits per heavy atom. The average molecular weight is 821 g/mol. The van der Waals surface area contributed by atoms with Gasteiger partial charge in [0, 0.05) is 49.5 Å². The van der Waals surface area contributed by atoms with Crippen molar-refractivity contribution >= 4 is 22.8 Å². The number of aromatic nitrogens is 1. The van der Waals surface area contributed by atoms with Crippen LogP contribution in [-0.2, 0) is 31.5 Å². The highest BCUT2D eigenvalue weighted by atomic mass is 16.5. The standard InChI is InChI=1S/C53H64N4O4/c1-50(2)17-21-56-22-18-51(3,4)40-26-32(25-39(50)45(40)56)13-15-36-28-34(38(31-54)48-55-42-11-9-10-12-43(42)60-48)29-37(59-36)16-14-33-27-35-30-41-46-44(47(35)61-49(33)58)53(7,8)20-24-57(46)23-19-52(41,5)6/h9-12,25-26,28-30,33-34,38,41,46H,13-24,27H2,1-8H3. The smallest absolute Gasteiger partial charge is 0.314 e. The number of rotatable bonds is 8. The molecule has 8 nitrogen and oxygen atoms in total. The molecule has 0 amide bonds. The SMILES string of the molecule is CC1(C)CCN2CCC(C)(C)C3C=C4CC(CCC5=CC(C(C#N)c6nc7ccccc7o6)C=C(CCc6cc7c8c(c6)C(C)(C)CCN8CCC7(C)C)O5)C(=O)OC4=C1C32. The minimum Gasteiger partial charge on any atom is -0.467 e.